The quantitative estimate of drug-likeness (QED) is 0.776. The lowest BCUT2D eigenvalue weighted by molar-refractivity contribution is -0.196. The monoisotopic (exact) mass is 241 g/mol. The lowest BCUT2D eigenvalue weighted by Crippen LogP contribution is -2.43. The largest absolute Gasteiger partial charge is 0.481 e. The molecular formula is C10H18F3NO2. The van der Waals surface area contributed by atoms with Crippen LogP contribution in [0.2, 0.25) is 0 Å². The van der Waals surface area contributed by atoms with Gasteiger partial charge in [0.1, 0.15) is 0 Å². The highest BCUT2D eigenvalue weighted by Gasteiger charge is 2.45. The summed E-state index contributed by atoms with van der Waals surface area (Å²) in [7, 11) is 1.53. The van der Waals surface area contributed by atoms with E-state index in [0.717, 1.165) is 0 Å². The van der Waals surface area contributed by atoms with Crippen LogP contribution in [0.1, 0.15) is 26.7 Å². The second kappa shape index (κ2) is 6.08. The molecule has 0 saturated carbocycles. The summed E-state index contributed by atoms with van der Waals surface area (Å²) >= 11 is 0. The van der Waals surface area contributed by atoms with Gasteiger partial charge in [0.25, 0.3) is 0 Å². The van der Waals surface area contributed by atoms with Crippen molar-refractivity contribution < 1.29 is 23.1 Å². The molecule has 0 fully saturated rings. The Morgan fingerprint density at radius 3 is 2.00 bits per heavy atom. The summed E-state index contributed by atoms with van der Waals surface area (Å²) in [6.45, 7) is 3.24. The van der Waals surface area contributed by atoms with Crippen molar-refractivity contribution in [3.63, 3.8) is 0 Å². The van der Waals surface area contributed by atoms with Gasteiger partial charge in [-0.2, -0.15) is 13.2 Å². The summed E-state index contributed by atoms with van der Waals surface area (Å²) in [6, 6.07) is -0.0100. The Balaban J connectivity index is 4.58. The molecule has 0 bridgehead atoms. The minimum atomic E-state index is -4.69. The Morgan fingerprint density at radius 1 is 1.31 bits per heavy atom. The van der Waals surface area contributed by atoms with Gasteiger partial charge >= 0.3 is 12.1 Å². The highest BCUT2D eigenvalue weighted by Crippen LogP contribution is 2.27. The van der Waals surface area contributed by atoms with Crippen LogP contribution in [0, 0.1) is 5.92 Å². The summed E-state index contributed by atoms with van der Waals surface area (Å²) in [5, 5.41) is 8.54. The predicted octanol–water partition coefficient (Wildman–Crippen LogP) is 2.37. The molecule has 0 aromatic rings. The molecule has 3 nitrogen and oxygen atoms in total. The SMILES string of the molecule is CCC(CC)N(C)CC(C(=O)O)C(F)(F)F. The molecule has 0 amide bonds. The molecule has 0 aromatic heterocycles. The van der Waals surface area contributed by atoms with Crippen molar-refractivity contribution in [3.05, 3.63) is 0 Å². The van der Waals surface area contributed by atoms with Gasteiger partial charge in [-0.05, 0) is 19.9 Å². The third-order valence-corrected chi connectivity index (χ3v) is 2.73. The van der Waals surface area contributed by atoms with Crippen LogP contribution in [0.4, 0.5) is 13.2 Å². The van der Waals surface area contributed by atoms with Crippen LogP contribution >= 0.6 is 0 Å². The maximum atomic E-state index is 12.4. The minimum absolute atomic E-state index is 0.0100. The summed E-state index contributed by atoms with van der Waals surface area (Å²) in [4.78, 5) is 12.0. The first-order chi connectivity index (χ1) is 7.23. The van der Waals surface area contributed by atoms with Crippen LogP contribution in [0.25, 0.3) is 0 Å². The molecule has 16 heavy (non-hydrogen) atoms. The van der Waals surface area contributed by atoms with Gasteiger partial charge < -0.3 is 10.0 Å². The normalized spacial score (nSPS) is 14.5. The summed E-state index contributed by atoms with van der Waals surface area (Å²) < 4.78 is 37.2. The Bertz CT molecular complexity index is 227. The zero-order chi connectivity index (χ0) is 12.9. The third-order valence-electron chi connectivity index (χ3n) is 2.73. The standard InChI is InChI=1S/C10H18F3NO2/c1-4-7(5-2)14(3)6-8(9(15)16)10(11,12)13/h7-8H,4-6H2,1-3H3,(H,15,16). The van der Waals surface area contributed by atoms with E-state index in [-0.39, 0.29) is 6.04 Å². The van der Waals surface area contributed by atoms with Gasteiger partial charge in [0.2, 0.25) is 0 Å². The summed E-state index contributed by atoms with van der Waals surface area (Å²) in [5.41, 5.74) is 0. The molecule has 6 heteroatoms. The van der Waals surface area contributed by atoms with Gasteiger partial charge in [-0.15, -0.1) is 0 Å². The fraction of sp³-hybridized carbons (Fsp3) is 0.900. The molecule has 0 aliphatic carbocycles. The molecule has 0 aliphatic rings. The molecule has 0 saturated heterocycles. The van der Waals surface area contributed by atoms with Crippen molar-refractivity contribution in [2.45, 2.75) is 38.9 Å². The van der Waals surface area contributed by atoms with Crippen molar-refractivity contribution >= 4 is 5.97 Å². The van der Waals surface area contributed by atoms with E-state index < -0.39 is 24.6 Å². The number of halogens is 3. The number of rotatable bonds is 6. The minimum Gasteiger partial charge on any atom is -0.481 e. The highest BCUT2D eigenvalue weighted by atomic mass is 19.4. The van der Waals surface area contributed by atoms with Crippen LogP contribution in [0.5, 0.6) is 0 Å². The fourth-order valence-corrected chi connectivity index (χ4v) is 1.67. The third kappa shape index (κ3) is 4.38. The number of hydrogen-bond donors (Lipinski definition) is 1. The van der Waals surface area contributed by atoms with Crippen LogP contribution in [-0.4, -0.2) is 41.8 Å². The number of aliphatic carboxylic acids is 1. The Hall–Kier alpha value is -0.780. The van der Waals surface area contributed by atoms with Crippen molar-refractivity contribution in [2.75, 3.05) is 13.6 Å². The van der Waals surface area contributed by atoms with Crippen molar-refractivity contribution in [1.29, 1.82) is 0 Å². The van der Waals surface area contributed by atoms with Gasteiger partial charge in [0.15, 0.2) is 5.92 Å². The summed E-state index contributed by atoms with van der Waals surface area (Å²) in [5.74, 6) is -4.12. The first-order valence-corrected chi connectivity index (χ1v) is 5.23. The number of carboxylic acids is 1. The van der Waals surface area contributed by atoms with Gasteiger partial charge in [0, 0.05) is 12.6 Å². The first kappa shape index (κ1) is 15.2. The molecule has 0 radical (unpaired) electrons. The molecule has 1 unspecified atom stereocenters. The highest BCUT2D eigenvalue weighted by molar-refractivity contribution is 5.71. The number of nitrogens with zero attached hydrogens (tertiary/aromatic N) is 1. The number of hydrogen-bond acceptors (Lipinski definition) is 2. The van der Waals surface area contributed by atoms with E-state index in [4.69, 9.17) is 5.11 Å². The van der Waals surface area contributed by atoms with E-state index in [1.165, 1.54) is 11.9 Å². The fourth-order valence-electron chi connectivity index (χ4n) is 1.67. The van der Waals surface area contributed by atoms with Crippen LogP contribution in [0.3, 0.4) is 0 Å². The second-order valence-corrected chi connectivity index (χ2v) is 3.84. The zero-order valence-electron chi connectivity index (χ0n) is 9.71. The van der Waals surface area contributed by atoms with Gasteiger partial charge in [-0.25, -0.2) is 0 Å². The van der Waals surface area contributed by atoms with Crippen LogP contribution in [0.15, 0.2) is 0 Å². The van der Waals surface area contributed by atoms with E-state index in [1.54, 1.807) is 0 Å². The second-order valence-electron chi connectivity index (χ2n) is 3.84. The maximum Gasteiger partial charge on any atom is 0.403 e. The van der Waals surface area contributed by atoms with E-state index in [0.29, 0.717) is 12.8 Å². The molecular weight excluding hydrogens is 223 g/mol. The molecule has 0 aromatic carbocycles. The molecule has 0 spiro atoms. The number of carbonyl (C=O) groups is 1. The van der Waals surface area contributed by atoms with E-state index in [2.05, 4.69) is 0 Å². The zero-order valence-corrected chi connectivity index (χ0v) is 9.71. The Kier molecular flexibility index (Phi) is 5.78. The number of carboxylic acid groups (broad SMARTS) is 1. The van der Waals surface area contributed by atoms with Crippen LogP contribution < -0.4 is 0 Å². The van der Waals surface area contributed by atoms with E-state index in [9.17, 15) is 18.0 Å². The lowest BCUT2D eigenvalue weighted by Gasteiger charge is -2.29. The lowest BCUT2D eigenvalue weighted by atomic mass is 10.1. The maximum absolute atomic E-state index is 12.4. The van der Waals surface area contributed by atoms with Crippen molar-refractivity contribution in [3.8, 4) is 0 Å². The average Bonchev–Trinajstić information content (AvgIpc) is 2.13. The van der Waals surface area contributed by atoms with E-state index in [1.807, 2.05) is 13.8 Å². The average molecular weight is 241 g/mol. The topological polar surface area (TPSA) is 40.5 Å². The molecule has 0 rings (SSSR count). The smallest absolute Gasteiger partial charge is 0.403 e. The van der Waals surface area contributed by atoms with Gasteiger partial charge in [-0.1, -0.05) is 13.8 Å². The molecule has 1 N–H and O–H groups in total. The van der Waals surface area contributed by atoms with Gasteiger partial charge in [0.05, 0.1) is 0 Å². The van der Waals surface area contributed by atoms with E-state index >= 15 is 0 Å². The first-order valence-electron chi connectivity index (χ1n) is 5.23. The Labute approximate surface area is 93.2 Å². The molecule has 96 valence electrons. The van der Waals surface area contributed by atoms with Crippen LogP contribution in [-0.2, 0) is 4.79 Å². The molecule has 1 atom stereocenters. The number of alkyl halides is 3. The summed E-state index contributed by atoms with van der Waals surface area (Å²) in [6.07, 6.45) is -3.28. The molecule has 0 aliphatic heterocycles. The predicted molar refractivity (Wildman–Crippen MR) is 54.2 cm³/mol. The Morgan fingerprint density at radius 2 is 1.75 bits per heavy atom. The van der Waals surface area contributed by atoms with Crippen molar-refractivity contribution in [2.24, 2.45) is 5.92 Å². The molecule has 0 heterocycles. The van der Waals surface area contributed by atoms with Crippen molar-refractivity contribution in [1.82, 2.24) is 4.90 Å². The van der Waals surface area contributed by atoms with Gasteiger partial charge in [-0.3, -0.25) is 4.79 Å².